The van der Waals surface area contributed by atoms with E-state index < -0.39 is 0 Å². The van der Waals surface area contributed by atoms with Crippen LogP contribution in [0.5, 0.6) is 0 Å². The molecular weight excluding hydrogens is 262 g/mol. The summed E-state index contributed by atoms with van der Waals surface area (Å²) in [5.74, 6) is 0. The summed E-state index contributed by atoms with van der Waals surface area (Å²) in [6, 6.07) is 6.51. The molecule has 0 radical (unpaired) electrons. The normalized spacial score (nSPS) is 13.7. The Labute approximate surface area is 123 Å². The third-order valence-electron chi connectivity index (χ3n) is 3.97. The Morgan fingerprint density at radius 1 is 1.24 bits per heavy atom. The van der Waals surface area contributed by atoms with Gasteiger partial charge in [-0.25, -0.2) is 4.98 Å². The van der Waals surface area contributed by atoms with E-state index >= 15 is 0 Å². The molecule has 0 amide bonds. The maximum Gasteiger partial charge on any atom is 0.0954 e. The first kappa shape index (κ1) is 12.2. The number of fused-ring (bicyclic) bond motifs is 1. The second-order valence-corrected chi connectivity index (χ2v) is 5.38. The number of aromatic amines is 1. The number of hydrogen-bond donors (Lipinski definition) is 2. The van der Waals surface area contributed by atoms with Gasteiger partial charge in [0.1, 0.15) is 0 Å². The van der Waals surface area contributed by atoms with Crippen LogP contribution in [0.15, 0.2) is 43.1 Å². The second kappa shape index (κ2) is 5.09. The molecule has 3 aromatic rings. The lowest BCUT2D eigenvalue weighted by Gasteiger charge is -2.21. The number of aryl methyl sites for hydroxylation is 1. The molecule has 5 heteroatoms. The van der Waals surface area contributed by atoms with Crippen LogP contribution in [0, 0.1) is 0 Å². The summed E-state index contributed by atoms with van der Waals surface area (Å²) in [4.78, 5) is 4.33. The fourth-order valence-corrected chi connectivity index (χ4v) is 2.95. The van der Waals surface area contributed by atoms with Crippen LogP contribution in [0.3, 0.4) is 0 Å². The van der Waals surface area contributed by atoms with Crippen molar-refractivity contribution in [3.63, 3.8) is 0 Å². The molecule has 0 aliphatic carbocycles. The van der Waals surface area contributed by atoms with E-state index in [1.807, 2.05) is 24.9 Å². The highest BCUT2D eigenvalue weighted by molar-refractivity contribution is 5.79. The van der Waals surface area contributed by atoms with E-state index in [4.69, 9.17) is 0 Å². The predicted octanol–water partition coefficient (Wildman–Crippen LogP) is 2.68. The van der Waals surface area contributed by atoms with E-state index in [0.717, 1.165) is 30.8 Å². The molecule has 0 spiro atoms. The van der Waals surface area contributed by atoms with Crippen LogP contribution in [-0.2, 0) is 13.0 Å². The summed E-state index contributed by atoms with van der Waals surface area (Å²) in [5, 5.41) is 10.4. The van der Waals surface area contributed by atoms with Crippen molar-refractivity contribution in [3.05, 3.63) is 54.2 Å². The van der Waals surface area contributed by atoms with Crippen molar-refractivity contribution >= 4 is 5.69 Å². The summed E-state index contributed by atoms with van der Waals surface area (Å²) in [7, 11) is 0. The number of anilines is 1. The Bertz CT molecular complexity index is 742. The van der Waals surface area contributed by atoms with Crippen molar-refractivity contribution in [3.8, 4) is 11.3 Å². The molecule has 1 aliphatic heterocycles. The molecular formula is C16H17N5. The highest BCUT2D eigenvalue weighted by Gasteiger charge is 2.16. The summed E-state index contributed by atoms with van der Waals surface area (Å²) < 4.78 is 2.16. The lowest BCUT2D eigenvalue weighted by Crippen LogP contribution is -2.13. The number of para-hydroxylation sites is 1. The predicted molar refractivity (Wildman–Crippen MR) is 82.2 cm³/mol. The van der Waals surface area contributed by atoms with Crippen LogP contribution in [0.1, 0.15) is 17.5 Å². The average Bonchev–Trinajstić information content (AvgIpc) is 3.19. The molecule has 0 saturated carbocycles. The quantitative estimate of drug-likeness (QED) is 0.775. The van der Waals surface area contributed by atoms with Gasteiger partial charge in [0.05, 0.1) is 31.0 Å². The molecule has 1 aliphatic rings. The molecule has 5 nitrogen and oxygen atoms in total. The van der Waals surface area contributed by atoms with Crippen LogP contribution in [0.4, 0.5) is 5.69 Å². The van der Waals surface area contributed by atoms with Gasteiger partial charge in [0.25, 0.3) is 0 Å². The van der Waals surface area contributed by atoms with Crippen molar-refractivity contribution in [1.29, 1.82) is 0 Å². The van der Waals surface area contributed by atoms with E-state index in [1.54, 1.807) is 0 Å². The van der Waals surface area contributed by atoms with E-state index in [9.17, 15) is 0 Å². The summed E-state index contributed by atoms with van der Waals surface area (Å²) in [6.45, 7) is 1.81. The molecule has 0 bridgehead atoms. The van der Waals surface area contributed by atoms with Gasteiger partial charge in [-0.2, -0.15) is 5.10 Å². The molecule has 1 aromatic carbocycles. The lowest BCUT2D eigenvalue weighted by atomic mass is 9.98. The van der Waals surface area contributed by atoms with Gasteiger partial charge >= 0.3 is 0 Å². The lowest BCUT2D eigenvalue weighted by molar-refractivity contribution is 0.801. The van der Waals surface area contributed by atoms with Gasteiger partial charge in [-0.3, -0.25) is 5.10 Å². The fourth-order valence-electron chi connectivity index (χ4n) is 2.95. The van der Waals surface area contributed by atoms with Gasteiger partial charge in [0.15, 0.2) is 0 Å². The molecule has 2 N–H and O–H groups in total. The molecule has 0 atom stereocenters. The van der Waals surface area contributed by atoms with Crippen molar-refractivity contribution in [2.45, 2.75) is 19.4 Å². The van der Waals surface area contributed by atoms with Crippen molar-refractivity contribution < 1.29 is 0 Å². The van der Waals surface area contributed by atoms with Crippen molar-refractivity contribution in [2.75, 3.05) is 11.9 Å². The van der Waals surface area contributed by atoms with Crippen LogP contribution < -0.4 is 5.32 Å². The van der Waals surface area contributed by atoms with Crippen LogP contribution in [0.2, 0.25) is 0 Å². The van der Waals surface area contributed by atoms with Gasteiger partial charge < -0.3 is 9.88 Å². The molecule has 3 heterocycles. The number of hydrogen-bond acceptors (Lipinski definition) is 3. The second-order valence-electron chi connectivity index (χ2n) is 5.38. The number of aromatic nitrogens is 4. The molecule has 2 aromatic heterocycles. The summed E-state index contributed by atoms with van der Waals surface area (Å²) in [5.41, 5.74) is 6.18. The number of nitrogens with zero attached hydrogens (tertiary/aromatic N) is 3. The molecule has 0 fully saturated rings. The zero-order valence-corrected chi connectivity index (χ0v) is 11.7. The fraction of sp³-hybridized carbons (Fsp3) is 0.250. The minimum atomic E-state index is 0.773. The monoisotopic (exact) mass is 279 g/mol. The minimum absolute atomic E-state index is 0.773. The van der Waals surface area contributed by atoms with Gasteiger partial charge in [-0.1, -0.05) is 18.2 Å². The molecule has 21 heavy (non-hydrogen) atoms. The number of rotatable bonds is 3. The largest absolute Gasteiger partial charge is 0.384 e. The Kier molecular flexibility index (Phi) is 2.96. The first-order chi connectivity index (χ1) is 10.4. The Morgan fingerprint density at radius 2 is 2.24 bits per heavy atom. The number of H-pyrrole nitrogens is 1. The van der Waals surface area contributed by atoms with Crippen LogP contribution in [-0.4, -0.2) is 26.3 Å². The molecule has 0 unspecified atom stereocenters. The highest BCUT2D eigenvalue weighted by Crippen LogP contribution is 2.33. The van der Waals surface area contributed by atoms with Crippen molar-refractivity contribution in [1.82, 2.24) is 19.7 Å². The number of imidazole rings is 1. The minimum Gasteiger partial charge on any atom is -0.384 e. The van der Waals surface area contributed by atoms with Crippen LogP contribution >= 0.6 is 0 Å². The maximum absolute atomic E-state index is 4.33. The highest BCUT2D eigenvalue weighted by atomic mass is 15.1. The van der Waals surface area contributed by atoms with Crippen molar-refractivity contribution in [2.24, 2.45) is 0 Å². The molecule has 0 saturated heterocycles. The summed E-state index contributed by atoms with van der Waals surface area (Å²) >= 11 is 0. The molecule has 106 valence electrons. The van der Waals surface area contributed by atoms with Gasteiger partial charge in [-0.05, 0) is 18.4 Å². The first-order valence-corrected chi connectivity index (χ1v) is 7.26. The Hall–Kier alpha value is -2.56. The standard InChI is InChI=1S/C16H17N5/c1-3-13-4-2-6-18-16(13)14(5-1)15-9-17-11-21(15)10-12-7-19-20-8-12/h1,3,5,7-9,11,18H,2,4,6,10H2,(H,19,20). The van der Waals surface area contributed by atoms with Gasteiger partial charge in [0, 0.05) is 29.6 Å². The SMILES string of the molecule is c1cc2c(c(-c3cncn3Cc3cn[nH]c3)c1)NCCC2. The Balaban J connectivity index is 1.76. The number of benzene rings is 1. The average molecular weight is 279 g/mol. The maximum atomic E-state index is 4.33. The van der Waals surface area contributed by atoms with Gasteiger partial charge in [0.2, 0.25) is 0 Å². The topological polar surface area (TPSA) is 58.5 Å². The van der Waals surface area contributed by atoms with Gasteiger partial charge in [-0.15, -0.1) is 0 Å². The smallest absolute Gasteiger partial charge is 0.0954 e. The Morgan fingerprint density at radius 3 is 3.14 bits per heavy atom. The summed E-state index contributed by atoms with van der Waals surface area (Å²) in [6.07, 6.45) is 9.93. The van der Waals surface area contributed by atoms with Crippen LogP contribution in [0.25, 0.3) is 11.3 Å². The van der Waals surface area contributed by atoms with E-state index in [-0.39, 0.29) is 0 Å². The zero-order valence-electron chi connectivity index (χ0n) is 11.7. The first-order valence-electron chi connectivity index (χ1n) is 7.26. The number of nitrogens with one attached hydrogen (secondary N) is 2. The third-order valence-corrected chi connectivity index (χ3v) is 3.97. The van der Waals surface area contributed by atoms with E-state index in [0.29, 0.717) is 0 Å². The van der Waals surface area contributed by atoms with E-state index in [2.05, 4.69) is 43.3 Å². The third kappa shape index (κ3) is 2.20. The molecule has 4 rings (SSSR count). The zero-order chi connectivity index (χ0) is 14.1. The van der Waals surface area contributed by atoms with E-state index in [1.165, 1.54) is 23.2 Å².